The third-order valence-electron chi connectivity index (χ3n) is 13.1. The number of para-hydroxylation sites is 1. The summed E-state index contributed by atoms with van der Waals surface area (Å²) in [6, 6.07) is 13.0. The highest BCUT2D eigenvalue weighted by molar-refractivity contribution is 7.88. The molecular weight excluding hydrogens is 849 g/mol. The van der Waals surface area contributed by atoms with Crippen LogP contribution in [0.2, 0.25) is 0 Å². The van der Waals surface area contributed by atoms with Gasteiger partial charge >= 0.3 is 19.2 Å². The van der Waals surface area contributed by atoms with Gasteiger partial charge in [-0.1, -0.05) is 56.3 Å². The van der Waals surface area contributed by atoms with Crippen LogP contribution in [0.4, 0.5) is 9.93 Å². The molecule has 2 aromatic carbocycles. The number of benzene rings is 2. The monoisotopic (exact) mass is 907 g/mol. The molecule has 3 N–H and O–H groups in total. The maximum atomic E-state index is 14.9. The average molecular weight is 908 g/mol. The predicted octanol–water partition coefficient (Wildman–Crippen LogP) is 5.68. The first-order valence-electron chi connectivity index (χ1n) is 21.4. The number of nitrogens with one attached hydrogen (secondary N) is 3. The Morgan fingerprint density at radius 1 is 1.02 bits per heavy atom. The van der Waals surface area contributed by atoms with E-state index in [-0.39, 0.29) is 78.5 Å². The first-order chi connectivity index (χ1) is 29.7. The van der Waals surface area contributed by atoms with Gasteiger partial charge in [-0.3, -0.25) is 14.9 Å². The number of esters is 1. The van der Waals surface area contributed by atoms with E-state index in [4.69, 9.17) is 23.5 Å². The van der Waals surface area contributed by atoms with Crippen molar-refractivity contribution in [3.05, 3.63) is 76.3 Å². The Morgan fingerprint density at radius 2 is 1.73 bits per heavy atom. The highest BCUT2D eigenvalue weighted by Crippen LogP contribution is 2.65. The standard InChI is InChI=1S/C44H58BN5O11S2/c1-42(2,3)59-39(53)30-16-12-15-28(36(30)57-7)21-34(45-60-33-23-29-22-32(43(29,4)5)44(33,6)61-45)47-38(52)35(48-37(51)27-17-19-50(20-18-27)63(8,55)56)31-25-62-40(46-31)49-41(54)58-24-26-13-10-9-11-14-26/h9-16,25,27,29,32-35H,17-24H2,1-8H3,(H,47,52)(H,48,51)(H,46,49,54)/t29?,32?,33?,34?,35?,44-/m0/s1. The van der Waals surface area contributed by atoms with Gasteiger partial charge in [0.2, 0.25) is 21.8 Å². The number of hydrogen-bond donors (Lipinski definition) is 3. The van der Waals surface area contributed by atoms with Crippen molar-refractivity contribution in [2.45, 2.75) is 110 Å². The smallest absolute Gasteiger partial charge is 0.482 e. The molecule has 3 amide bonds. The first-order valence-corrected chi connectivity index (χ1v) is 24.1. The van der Waals surface area contributed by atoms with Crippen LogP contribution < -0.4 is 20.7 Å². The molecule has 63 heavy (non-hydrogen) atoms. The molecule has 1 aromatic heterocycles. The van der Waals surface area contributed by atoms with E-state index in [1.807, 2.05) is 30.3 Å². The fourth-order valence-electron chi connectivity index (χ4n) is 9.58. The number of hydrogen-bond acceptors (Lipinski definition) is 13. The topological polar surface area (TPSA) is 201 Å². The minimum Gasteiger partial charge on any atom is -0.496 e. The summed E-state index contributed by atoms with van der Waals surface area (Å²) in [7, 11) is -2.91. The second-order valence-corrected chi connectivity index (χ2v) is 21.6. The highest BCUT2D eigenvalue weighted by atomic mass is 32.2. The molecule has 8 rings (SSSR count). The Bertz CT molecular complexity index is 2300. The zero-order valence-corrected chi connectivity index (χ0v) is 38.7. The molecule has 19 heteroatoms. The van der Waals surface area contributed by atoms with Crippen molar-refractivity contribution in [2.24, 2.45) is 23.2 Å². The molecule has 3 aromatic rings. The number of aromatic nitrogens is 1. The Hall–Kier alpha value is -4.56. The molecule has 2 saturated heterocycles. The number of rotatable bonds is 14. The zero-order valence-electron chi connectivity index (χ0n) is 37.1. The lowest BCUT2D eigenvalue weighted by molar-refractivity contribution is -0.199. The largest absolute Gasteiger partial charge is 0.496 e. The number of sulfonamides is 1. The quantitative estimate of drug-likeness (QED) is 0.132. The lowest BCUT2D eigenvalue weighted by Crippen LogP contribution is -2.65. The van der Waals surface area contributed by atoms with Gasteiger partial charge in [0, 0.05) is 24.4 Å². The number of piperidine rings is 1. The van der Waals surface area contributed by atoms with E-state index in [2.05, 4.69) is 41.7 Å². The van der Waals surface area contributed by atoms with Gasteiger partial charge in [0.05, 0.1) is 36.7 Å². The molecule has 3 saturated carbocycles. The van der Waals surface area contributed by atoms with Gasteiger partial charge in [0.25, 0.3) is 0 Å². The maximum Gasteiger partial charge on any atom is 0.482 e. The van der Waals surface area contributed by atoms with Crippen molar-refractivity contribution in [1.29, 1.82) is 0 Å². The molecule has 6 atom stereocenters. The number of anilines is 1. The van der Waals surface area contributed by atoms with Crippen molar-refractivity contribution in [2.75, 3.05) is 31.8 Å². The second-order valence-electron chi connectivity index (χ2n) is 18.8. The number of thiazole rings is 1. The summed E-state index contributed by atoms with van der Waals surface area (Å²) in [4.78, 5) is 59.6. The van der Waals surface area contributed by atoms with Crippen LogP contribution in [0.5, 0.6) is 5.75 Å². The van der Waals surface area contributed by atoms with Gasteiger partial charge in [0.15, 0.2) is 11.2 Å². The molecular formula is C44H58BN5O11S2. The Balaban J connectivity index is 1.17. The Kier molecular flexibility index (Phi) is 13.4. The van der Waals surface area contributed by atoms with Gasteiger partial charge in [-0.25, -0.2) is 27.3 Å². The van der Waals surface area contributed by atoms with Gasteiger partial charge < -0.3 is 34.2 Å². The highest BCUT2D eigenvalue weighted by Gasteiger charge is 2.68. The SMILES string of the molecule is COc1c(CC(NC(=O)C(NC(=O)C2CCN(S(C)(=O)=O)CC2)c2csc(NC(=O)OCc3ccccc3)n2)B2OC3CC4CC(C4(C)C)[C@]3(C)O2)cccc1C(=O)OC(C)(C)C. The molecule has 2 bridgehead atoms. The molecule has 5 unspecified atom stereocenters. The summed E-state index contributed by atoms with van der Waals surface area (Å²) in [5, 5.41) is 10.3. The Morgan fingerprint density at radius 3 is 2.38 bits per heavy atom. The number of carbonyl (C=O) groups excluding carboxylic acids is 4. The summed E-state index contributed by atoms with van der Waals surface area (Å²) >= 11 is 1.05. The first kappa shape index (κ1) is 46.4. The molecule has 3 heterocycles. The maximum absolute atomic E-state index is 14.9. The predicted molar refractivity (Wildman–Crippen MR) is 236 cm³/mol. The molecule has 0 radical (unpaired) electrons. The van der Waals surface area contributed by atoms with E-state index >= 15 is 0 Å². The van der Waals surface area contributed by atoms with Crippen molar-refractivity contribution < 1.29 is 51.1 Å². The number of methoxy groups -OCH3 is 1. The molecule has 5 fully saturated rings. The number of ether oxygens (including phenoxy) is 3. The lowest BCUT2D eigenvalue weighted by Gasteiger charge is -2.64. The number of carbonyl (C=O) groups is 4. The van der Waals surface area contributed by atoms with Crippen LogP contribution in [0.1, 0.15) is 100 Å². The fraction of sp³-hybridized carbons (Fsp3) is 0.568. The summed E-state index contributed by atoms with van der Waals surface area (Å²) in [5.41, 5.74) is 0.383. The van der Waals surface area contributed by atoms with Gasteiger partial charge in [0.1, 0.15) is 23.5 Å². The van der Waals surface area contributed by atoms with Gasteiger partial charge in [-0.2, -0.15) is 0 Å². The number of amides is 3. The molecule has 16 nitrogen and oxygen atoms in total. The van der Waals surface area contributed by atoms with Crippen LogP contribution in [-0.4, -0.2) is 98.4 Å². The van der Waals surface area contributed by atoms with E-state index in [1.54, 1.807) is 44.4 Å². The fourth-order valence-corrected chi connectivity index (χ4v) is 11.2. The summed E-state index contributed by atoms with van der Waals surface area (Å²) in [5.74, 6) is -2.15. The minimum atomic E-state index is -3.44. The molecule has 0 spiro atoms. The molecule has 340 valence electrons. The summed E-state index contributed by atoms with van der Waals surface area (Å²) < 4.78 is 56.3. The molecule has 3 aliphatic carbocycles. The zero-order chi connectivity index (χ0) is 45.5. The minimum absolute atomic E-state index is 0.0289. The van der Waals surface area contributed by atoms with Crippen molar-refractivity contribution in [3.63, 3.8) is 0 Å². The van der Waals surface area contributed by atoms with E-state index in [1.165, 1.54) is 11.4 Å². The second kappa shape index (κ2) is 18.1. The lowest BCUT2D eigenvalue weighted by atomic mass is 9.43. The number of nitrogens with zero attached hydrogens (tertiary/aromatic N) is 2. The summed E-state index contributed by atoms with van der Waals surface area (Å²) in [6.45, 7) is 12.3. The van der Waals surface area contributed by atoms with E-state index in [9.17, 15) is 27.6 Å². The normalized spacial score (nSPS) is 24.3. The van der Waals surface area contributed by atoms with Crippen LogP contribution in [0.25, 0.3) is 0 Å². The van der Waals surface area contributed by atoms with Crippen LogP contribution in [0, 0.1) is 23.2 Å². The molecule has 5 aliphatic rings. The Labute approximate surface area is 373 Å². The third-order valence-corrected chi connectivity index (χ3v) is 15.1. The van der Waals surface area contributed by atoms with Gasteiger partial charge in [-0.05, 0) is 94.2 Å². The summed E-state index contributed by atoms with van der Waals surface area (Å²) in [6.07, 6.45) is 2.57. The van der Waals surface area contributed by atoms with E-state index in [0.29, 0.717) is 11.5 Å². The third kappa shape index (κ3) is 10.2. The van der Waals surface area contributed by atoms with Crippen molar-refractivity contribution >= 4 is 57.5 Å². The molecule has 2 aliphatic heterocycles. The van der Waals surface area contributed by atoms with Gasteiger partial charge in [-0.15, -0.1) is 11.3 Å². The van der Waals surface area contributed by atoms with E-state index in [0.717, 1.165) is 36.0 Å². The van der Waals surface area contributed by atoms with Crippen LogP contribution in [-0.2, 0) is 51.4 Å². The van der Waals surface area contributed by atoms with Crippen molar-refractivity contribution in [1.82, 2.24) is 19.9 Å². The average Bonchev–Trinajstić information content (AvgIpc) is 3.84. The van der Waals surface area contributed by atoms with Crippen LogP contribution >= 0.6 is 11.3 Å². The van der Waals surface area contributed by atoms with Crippen molar-refractivity contribution in [3.8, 4) is 5.75 Å². The van der Waals surface area contributed by atoms with E-state index < -0.39 is 70.1 Å². The van der Waals surface area contributed by atoms with Crippen LogP contribution in [0.3, 0.4) is 0 Å². The van der Waals surface area contributed by atoms with Crippen LogP contribution in [0.15, 0.2) is 53.9 Å².